The van der Waals surface area contributed by atoms with E-state index in [1.54, 1.807) is 6.33 Å². The highest BCUT2D eigenvalue weighted by atomic mass is 15.3. The van der Waals surface area contributed by atoms with Crippen LogP contribution >= 0.6 is 0 Å². The summed E-state index contributed by atoms with van der Waals surface area (Å²) in [4.78, 5) is 10.6. The topological polar surface area (TPSA) is 46.8 Å². The molecule has 2 aromatic heterocycles. The maximum atomic E-state index is 4.40. The fourth-order valence-corrected chi connectivity index (χ4v) is 1.70. The zero-order valence-electron chi connectivity index (χ0n) is 10.2. The molecule has 2 heterocycles. The van der Waals surface area contributed by atoms with Gasteiger partial charge in [0.25, 0.3) is 0 Å². The SMILES string of the molecule is CCC(C)n1ncc2c(N(C)C)ncnc21. The average molecular weight is 219 g/mol. The molecule has 0 aliphatic carbocycles. The Kier molecular flexibility index (Phi) is 2.77. The Bertz CT molecular complexity index is 488. The van der Waals surface area contributed by atoms with Gasteiger partial charge in [-0.05, 0) is 13.3 Å². The third-order valence-corrected chi connectivity index (χ3v) is 2.80. The summed E-state index contributed by atoms with van der Waals surface area (Å²) in [5.74, 6) is 0.916. The van der Waals surface area contributed by atoms with Crippen LogP contribution in [0.25, 0.3) is 11.0 Å². The maximum absolute atomic E-state index is 4.40. The Morgan fingerprint density at radius 3 is 2.75 bits per heavy atom. The van der Waals surface area contributed by atoms with Crippen molar-refractivity contribution in [3.05, 3.63) is 12.5 Å². The number of fused-ring (bicyclic) bond motifs is 1. The minimum absolute atomic E-state index is 0.363. The van der Waals surface area contributed by atoms with E-state index in [-0.39, 0.29) is 0 Å². The monoisotopic (exact) mass is 219 g/mol. The first kappa shape index (κ1) is 10.9. The Hall–Kier alpha value is -1.65. The van der Waals surface area contributed by atoms with Crippen LogP contribution in [0.5, 0.6) is 0 Å². The predicted octanol–water partition coefficient (Wildman–Crippen LogP) is 1.86. The molecule has 0 saturated heterocycles. The van der Waals surface area contributed by atoms with Crippen LogP contribution in [-0.2, 0) is 0 Å². The first-order chi connectivity index (χ1) is 7.65. The Morgan fingerprint density at radius 2 is 2.12 bits per heavy atom. The van der Waals surface area contributed by atoms with Crippen LogP contribution in [0.1, 0.15) is 26.3 Å². The molecule has 0 bridgehead atoms. The number of hydrogen-bond donors (Lipinski definition) is 0. The summed E-state index contributed by atoms with van der Waals surface area (Å²) in [5, 5.41) is 5.40. The lowest BCUT2D eigenvalue weighted by Crippen LogP contribution is -2.12. The smallest absolute Gasteiger partial charge is 0.163 e. The van der Waals surface area contributed by atoms with Gasteiger partial charge in [0.2, 0.25) is 0 Å². The van der Waals surface area contributed by atoms with Gasteiger partial charge in [0.15, 0.2) is 5.65 Å². The predicted molar refractivity (Wildman–Crippen MR) is 64.7 cm³/mol. The van der Waals surface area contributed by atoms with E-state index in [1.165, 1.54) is 0 Å². The molecule has 2 rings (SSSR count). The number of nitrogens with zero attached hydrogens (tertiary/aromatic N) is 5. The fourth-order valence-electron chi connectivity index (χ4n) is 1.70. The highest BCUT2D eigenvalue weighted by Gasteiger charge is 2.13. The van der Waals surface area contributed by atoms with Gasteiger partial charge in [-0.3, -0.25) is 0 Å². The molecule has 0 spiro atoms. The van der Waals surface area contributed by atoms with Gasteiger partial charge in [0.1, 0.15) is 12.1 Å². The van der Waals surface area contributed by atoms with Crippen molar-refractivity contribution in [3.8, 4) is 0 Å². The van der Waals surface area contributed by atoms with Gasteiger partial charge < -0.3 is 4.90 Å². The summed E-state index contributed by atoms with van der Waals surface area (Å²) in [7, 11) is 3.95. The van der Waals surface area contributed by atoms with Gasteiger partial charge in [0, 0.05) is 14.1 Å². The van der Waals surface area contributed by atoms with Gasteiger partial charge in [-0.1, -0.05) is 6.92 Å². The van der Waals surface area contributed by atoms with Crippen molar-refractivity contribution < 1.29 is 0 Å². The van der Waals surface area contributed by atoms with E-state index in [4.69, 9.17) is 0 Å². The van der Waals surface area contributed by atoms with Gasteiger partial charge >= 0.3 is 0 Å². The number of aromatic nitrogens is 4. The van der Waals surface area contributed by atoms with E-state index in [9.17, 15) is 0 Å². The summed E-state index contributed by atoms with van der Waals surface area (Å²) >= 11 is 0. The van der Waals surface area contributed by atoms with Crippen LogP contribution in [0.15, 0.2) is 12.5 Å². The Balaban J connectivity index is 2.61. The molecule has 0 radical (unpaired) electrons. The van der Waals surface area contributed by atoms with Crippen molar-refractivity contribution in [1.82, 2.24) is 19.7 Å². The average Bonchev–Trinajstić information content (AvgIpc) is 2.71. The number of rotatable bonds is 3. The minimum atomic E-state index is 0.363. The maximum Gasteiger partial charge on any atom is 0.163 e. The van der Waals surface area contributed by atoms with Gasteiger partial charge in [-0.2, -0.15) is 5.10 Å². The summed E-state index contributed by atoms with van der Waals surface area (Å²) in [6.07, 6.45) is 4.48. The highest BCUT2D eigenvalue weighted by Crippen LogP contribution is 2.23. The van der Waals surface area contributed by atoms with Crippen molar-refractivity contribution in [3.63, 3.8) is 0 Å². The van der Waals surface area contributed by atoms with Crippen LogP contribution in [0, 0.1) is 0 Å². The molecule has 0 fully saturated rings. The first-order valence-corrected chi connectivity index (χ1v) is 5.50. The van der Waals surface area contributed by atoms with E-state index >= 15 is 0 Å². The van der Waals surface area contributed by atoms with E-state index in [0.29, 0.717) is 6.04 Å². The molecule has 0 N–H and O–H groups in total. The Morgan fingerprint density at radius 1 is 1.38 bits per heavy atom. The summed E-state index contributed by atoms with van der Waals surface area (Å²) in [6.45, 7) is 4.29. The van der Waals surface area contributed by atoms with Crippen molar-refractivity contribution in [2.45, 2.75) is 26.3 Å². The molecule has 1 unspecified atom stereocenters. The third-order valence-electron chi connectivity index (χ3n) is 2.80. The Labute approximate surface area is 95.1 Å². The van der Waals surface area contributed by atoms with E-state index < -0.39 is 0 Å². The first-order valence-electron chi connectivity index (χ1n) is 5.50. The van der Waals surface area contributed by atoms with Gasteiger partial charge in [-0.15, -0.1) is 0 Å². The molecule has 0 aromatic carbocycles. The molecule has 5 heteroatoms. The molecular weight excluding hydrogens is 202 g/mol. The zero-order chi connectivity index (χ0) is 11.7. The molecule has 5 nitrogen and oxygen atoms in total. The molecule has 0 aliphatic rings. The fraction of sp³-hybridized carbons (Fsp3) is 0.545. The second-order valence-electron chi connectivity index (χ2n) is 4.18. The quantitative estimate of drug-likeness (QED) is 0.790. The summed E-state index contributed by atoms with van der Waals surface area (Å²) < 4.78 is 1.96. The normalized spacial score (nSPS) is 13.0. The lowest BCUT2D eigenvalue weighted by atomic mass is 10.2. The van der Waals surface area contributed by atoms with Gasteiger partial charge in [0.05, 0.1) is 17.6 Å². The van der Waals surface area contributed by atoms with Crippen molar-refractivity contribution >= 4 is 16.9 Å². The van der Waals surface area contributed by atoms with Crippen molar-refractivity contribution in [2.24, 2.45) is 0 Å². The van der Waals surface area contributed by atoms with Crippen LogP contribution < -0.4 is 4.90 Å². The van der Waals surface area contributed by atoms with Crippen LogP contribution in [0.4, 0.5) is 5.82 Å². The molecule has 0 saturated carbocycles. The molecular formula is C11H17N5. The molecule has 0 aliphatic heterocycles. The molecule has 0 amide bonds. The van der Waals surface area contributed by atoms with Crippen molar-refractivity contribution in [2.75, 3.05) is 19.0 Å². The molecule has 16 heavy (non-hydrogen) atoms. The molecule has 1 atom stereocenters. The lowest BCUT2D eigenvalue weighted by molar-refractivity contribution is 0.489. The highest BCUT2D eigenvalue weighted by molar-refractivity contribution is 5.86. The standard InChI is InChI=1S/C11H17N5/c1-5-8(2)16-11-9(6-14-16)10(15(3)4)12-7-13-11/h6-8H,5H2,1-4H3. The summed E-state index contributed by atoms with van der Waals surface area (Å²) in [5.41, 5.74) is 0.910. The second-order valence-corrected chi connectivity index (χ2v) is 4.18. The van der Waals surface area contributed by atoms with Crippen LogP contribution in [0.2, 0.25) is 0 Å². The summed E-state index contributed by atoms with van der Waals surface area (Å²) in [6, 6.07) is 0.363. The molecule has 2 aromatic rings. The number of anilines is 1. The molecule has 86 valence electrons. The van der Waals surface area contributed by atoms with Crippen LogP contribution in [0.3, 0.4) is 0 Å². The third kappa shape index (κ3) is 1.62. The number of hydrogen-bond acceptors (Lipinski definition) is 4. The second kappa shape index (κ2) is 4.08. The lowest BCUT2D eigenvalue weighted by Gasteiger charge is -2.13. The van der Waals surface area contributed by atoms with E-state index in [2.05, 4.69) is 28.9 Å². The van der Waals surface area contributed by atoms with Crippen molar-refractivity contribution in [1.29, 1.82) is 0 Å². The largest absolute Gasteiger partial charge is 0.362 e. The van der Waals surface area contributed by atoms with Crippen LogP contribution in [-0.4, -0.2) is 33.8 Å². The van der Waals surface area contributed by atoms with E-state index in [1.807, 2.05) is 29.9 Å². The minimum Gasteiger partial charge on any atom is -0.362 e. The van der Waals surface area contributed by atoms with Gasteiger partial charge in [-0.25, -0.2) is 14.6 Å². The zero-order valence-corrected chi connectivity index (χ0v) is 10.2. The van der Waals surface area contributed by atoms with E-state index in [0.717, 1.165) is 23.3 Å².